The van der Waals surface area contributed by atoms with Crippen LogP contribution in [0.1, 0.15) is 62.8 Å². The first-order valence-electron chi connectivity index (χ1n) is 11.4. The number of benzene rings is 2. The SMILES string of the molecule is C=CCCC1CCC2CC(c3ccc(-c4ccc(OC)c(F)c4)c(F)c3F)CCC2C1. The van der Waals surface area contributed by atoms with E-state index in [4.69, 9.17) is 4.74 Å². The van der Waals surface area contributed by atoms with Crippen LogP contribution in [0.3, 0.4) is 0 Å². The molecule has 0 radical (unpaired) electrons. The molecule has 2 fully saturated rings. The largest absolute Gasteiger partial charge is 0.494 e. The summed E-state index contributed by atoms with van der Waals surface area (Å²) < 4.78 is 49.0. The molecule has 2 aliphatic rings. The summed E-state index contributed by atoms with van der Waals surface area (Å²) in [6.45, 7) is 3.83. The van der Waals surface area contributed by atoms with Gasteiger partial charge < -0.3 is 4.74 Å². The highest BCUT2D eigenvalue weighted by atomic mass is 19.2. The molecule has 4 rings (SSSR count). The molecule has 0 bridgehead atoms. The van der Waals surface area contributed by atoms with Gasteiger partial charge in [0.25, 0.3) is 0 Å². The summed E-state index contributed by atoms with van der Waals surface area (Å²) >= 11 is 0. The Morgan fingerprint density at radius 1 is 0.968 bits per heavy atom. The molecule has 0 heterocycles. The van der Waals surface area contributed by atoms with E-state index in [1.807, 2.05) is 6.08 Å². The van der Waals surface area contributed by atoms with Crippen LogP contribution in [0.15, 0.2) is 43.0 Å². The number of hydrogen-bond donors (Lipinski definition) is 0. The van der Waals surface area contributed by atoms with E-state index in [0.717, 1.165) is 31.6 Å². The molecule has 2 aliphatic carbocycles. The quantitative estimate of drug-likeness (QED) is 0.423. The van der Waals surface area contributed by atoms with Crippen molar-refractivity contribution in [3.63, 3.8) is 0 Å². The van der Waals surface area contributed by atoms with Gasteiger partial charge in [-0.25, -0.2) is 13.2 Å². The highest BCUT2D eigenvalue weighted by Crippen LogP contribution is 2.49. The highest BCUT2D eigenvalue weighted by Gasteiger charge is 2.37. The summed E-state index contributed by atoms with van der Waals surface area (Å²) in [5.74, 6) is -0.0144. The maximum absolute atomic E-state index is 15.1. The molecule has 0 amide bonds. The zero-order valence-electron chi connectivity index (χ0n) is 18.2. The topological polar surface area (TPSA) is 9.23 Å². The molecule has 4 heteroatoms. The molecule has 0 aliphatic heterocycles. The fourth-order valence-electron chi connectivity index (χ4n) is 5.82. The van der Waals surface area contributed by atoms with Crippen LogP contribution in [0.5, 0.6) is 5.75 Å². The van der Waals surface area contributed by atoms with Gasteiger partial charge in [-0.3, -0.25) is 0 Å². The molecule has 2 aromatic rings. The second kappa shape index (κ2) is 9.50. The third-order valence-corrected chi connectivity index (χ3v) is 7.52. The maximum Gasteiger partial charge on any atom is 0.166 e. The van der Waals surface area contributed by atoms with Gasteiger partial charge in [0.05, 0.1) is 7.11 Å². The number of ether oxygens (including phenoxy) is 1. The minimum absolute atomic E-state index is 0.0575. The van der Waals surface area contributed by atoms with Crippen molar-refractivity contribution in [2.45, 2.75) is 57.3 Å². The minimum atomic E-state index is -0.891. The number of hydrogen-bond acceptors (Lipinski definition) is 1. The number of halogens is 3. The third kappa shape index (κ3) is 4.53. The van der Waals surface area contributed by atoms with Gasteiger partial charge in [-0.2, -0.15) is 0 Å². The Bertz CT molecular complexity index is 938. The highest BCUT2D eigenvalue weighted by molar-refractivity contribution is 5.66. The van der Waals surface area contributed by atoms with Crippen molar-refractivity contribution >= 4 is 0 Å². The van der Waals surface area contributed by atoms with E-state index in [0.29, 0.717) is 23.0 Å². The molecule has 1 nitrogen and oxygen atoms in total. The lowest BCUT2D eigenvalue weighted by atomic mass is 9.63. The van der Waals surface area contributed by atoms with Gasteiger partial charge in [-0.05, 0) is 91.9 Å². The van der Waals surface area contributed by atoms with E-state index in [2.05, 4.69) is 6.58 Å². The number of allylic oxidation sites excluding steroid dienone is 1. The van der Waals surface area contributed by atoms with Crippen molar-refractivity contribution < 1.29 is 17.9 Å². The van der Waals surface area contributed by atoms with Crippen LogP contribution in [0, 0.1) is 35.2 Å². The molecule has 4 atom stereocenters. The van der Waals surface area contributed by atoms with Gasteiger partial charge in [0, 0.05) is 5.56 Å². The van der Waals surface area contributed by atoms with Crippen LogP contribution >= 0.6 is 0 Å². The van der Waals surface area contributed by atoms with E-state index >= 15 is 4.39 Å². The molecular weight excluding hydrogens is 397 g/mol. The molecule has 2 saturated carbocycles. The van der Waals surface area contributed by atoms with E-state index in [-0.39, 0.29) is 17.2 Å². The van der Waals surface area contributed by atoms with Crippen molar-refractivity contribution in [3.05, 3.63) is 66.0 Å². The fourth-order valence-corrected chi connectivity index (χ4v) is 5.82. The number of fused-ring (bicyclic) bond motifs is 1. The van der Waals surface area contributed by atoms with Gasteiger partial charge in [0.2, 0.25) is 0 Å². The Kier molecular flexibility index (Phi) is 6.74. The summed E-state index contributed by atoms with van der Waals surface area (Å²) in [6, 6.07) is 7.47. The van der Waals surface area contributed by atoms with Crippen LogP contribution in [-0.2, 0) is 0 Å². The van der Waals surface area contributed by atoms with Crippen LogP contribution < -0.4 is 4.74 Å². The molecule has 31 heavy (non-hydrogen) atoms. The summed E-state index contributed by atoms with van der Waals surface area (Å²) in [5, 5.41) is 0. The minimum Gasteiger partial charge on any atom is -0.494 e. The van der Waals surface area contributed by atoms with Crippen molar-refractivity contribution in [1.29, 1.82) is 0 Å². The summed E-state index contributed by atoms with van der Waals surface area (Å²) in [7, 11) is 1.37. The number of rotatable bonds is 6. The Labute approximate surface area is 183 Å². The van der Waals surface area contributed by atoms with Crippen LogP contribution in [-0.4, -0.2) is 7.11 Å². The maximum atomic E-state index is 15.1. The van der Waals surface area contributed by atoms with Gasteiger partial charge in [-0.1, -0.05) is 30.7 Å². The standard InChI is InChI=1S/C27H31F3O/c1-3-4-5-17-6-7-19-15-20(9-8-18(19)14-17)22-11-12-23(27(30)26(22)29)21-10-13-25(31-2)24(28)16-21/h3,10-13,16-20H,1,4-9,14-15H2,2H3. The normalized spacial score (nSPS) is 25.7. The third-order valence-electron chi connectivity index (χ3n) is 7.52. The first kappa shape index (κ1) is 22.0. The second-order valence-electron chi connectivity index (χ2n) is 9.25. The Morgan fingerprint density at radius 3 is 2.48 bits per heavy atom. The van der Waals surface area contributed by atoms with E-state index in [9.17, 15) is 8.78 Å². The predicted octanol–water partition coefficient (Wildman–Crippen LogP) is 8.05. The molecule has 0 spiro atoms. The Hall–Kier alpha value is -2.23. The van der Waals surface area contributed by atoms with Crippen molar-refractivity contribution in [1.82, 2.24) is 0 Å². The van der Waals surface area contributed by atoms with Gasteiger partial charge in [0.15, 0.2) is 23.2 Å². The summed E-state index contributed by atoms with van der Waals surface area (Å²) in [6.07, 6.45) is 10.9. The smallest absolute Gasteiger partial charge is 0.166 e. The first-order valence-corrected chi connectivity index (χ1v) is 11.4. The van der Waals surface area contributed by atoms with Gasteiger partial charge in [0.1, 0.15) is 0 Å². The van der Waals surface area contributed by atoms with E-state index < -0.39 is 17.5 Å². The van der Waals surface area contributed by atoms with Crippen molar-refractivity contribution in [2.24, 2.45) is 17.8 Å². The summed E-state index contributed by atoms with van der Waals surface area (Å²) in [4.78, 5) is 0. The fraction of sp³-hybridized carbons (Fsp3) is 0.481. The lowest BCUT2D eigenvalue weighted by molar-refractivity contribution is 0.114. The van der Waals surface area contributed by atoms with Gasteiger partial charge >= 0.3 is 0 Å². The van der Waals surface area contributed by atoms with Crippen LogP contribution in [0.25, 0.3) is 11.1 Å². The number of methoxy groups -OCH3 is 1. The molecule has 0 aromatic heterocycles. The molecule has 0 N–H and O–H groups in total. The van der Waals surface area contributed by atoms with Crippen LogP contribution in [0.4, 0.5) is 13.2 Å². The summed E-state index contributed by atoms with van der Waals surface area (Å²) in [5.41, 5.74) is 0.865. The van der Waals surface area contributed by atoms with E-state index in [1.165, 1.54) is 44.9 Å². The van der Waals surface area contributed by atoms with Crippen LogP contribution in [0.2, 0.25) is 0 Å². The average molecular weight is 429 g/mol. The van der Waals surface area contributed by atoms with Crippen molar-refractivity contribution in [2.75, 3.05) is 7.11 Å². The Morgan fingerprint density at radius 2 is 1.74 bits per heavy atom. The molecule has 2 aromatic carbocycles. The molecule has 166 valence electrons. The zero-order chi connectivity index (χ0) is 22.0. The molecular formula is C27H31F3O. The van der Waals surface area contributed by atoms with E-state index in [1.54, 1.807) is 18.2 Å². The molecule has 0 saturated heterocycles. The molecule has 4 unspecified atom stereocenters. The zero-order valence-corrected chi connectivity index (χ0v) is 18.2. The lowest BCUT2D eigenvalue weighted by Crippen LogP contribution is -2.30. The first-order chi connectivity index (χ1) is 15.0. The van der Waals surface area contributed by atoms with Crippen molar-refractivity contribution in [3.8, 4) is 16.9 Å². The monoisotopic (exact) mass is 428 g/mol. The predicted molar refractivity (Wildman–Crippen MR) is 119 cm³/mol. The average Bonchev–Trinajstić information content (AvgIpc) is 2.79. The lowest BCUT2D eigenvalue weighted by Gasteiger charge is -2.42. The Balaban J connectivity index is 1.49. The van der Waals surface area contributed by atoms with Gasteiger partial charge in [-0.15, -0.1) is 6.58 Å². The second-order valence-corrected chi connectivity index (χ2v) is 9.25.